The van der Waals surface area contributed by atoms with E-state index in [-0.39, 0.29) is 11.9 Å². The molecule has 1 aliphatic heterocycles. The van der Waals surface area contributed by atoms with Crippen molar-refractivity contribution in [2.45, 2.75) is 24.1 Å². The zero-order valence-corrected chi connectivity index (χ0v) is 15.3. The number of thiophene rings is 1. The first kappa shape index (κ1) is 17.1. The van der Waals surface area contributed by atoms with Crippen LogP contribution in [0.2, 0.25) is 0 Å². The van der Waals surface area contributed by atoms with Gasteiger partial charge in [0.2, 0.25) is 5.91 Å². The third-order valence-corrected chi connectivity index (χ3v) is 7.41. The van der Waals surface area contributed by atoms with E-state index in [4.69, 9.17) is 0 Å². The lowest BCUT2D eigenvalue weighted by molar-refractivity contribution is -0.135. The van der Waals surface area contributed by atoms with Crippen molar-refractivity contribution in [3.8, 4) is 0 Å². The number of piperazine rings is 1. The van der Waals surface area contributed by atoms with Crippen molar-refractivity contribution in [1.29, 1.82) is 0 Å². The highest BCUT2D eigenvalue weighted by molar-refractivity contribution is 7.91. The maximum Gasteiger partial charge on any atom is 0.252 e. The molecule has 1 unspecified atom stereocenters. The summed E-state index contributed by atoms with van der Waals surface area (Å²) in [6, 6.07) is 4.80. The second-order valence-corrected chi connectivity index (χ2v) is 8.89. The number of sulfonamides is 1. The molecule has 0 radical (unpaired) electrons. The van der Waals surface area contributed by atoms with E-state index in [2.05, 4.69) is 5.10 Å². The summed E-state index contributed by atoms with van der Waals surface area (Å²) in [6.07, 6.45) is 1.79. The van der Waals surface area contributed by atoms with Crippen LogP contribution in [-0.2, 0) is 14.8 Å². The Balaban J connectivity index is 1.64. The summed E-state index contributed by atoms with van der Waals surface area (Å²) in [4.78, 5) is 14.3. The smallest absolute Gasteiger partial charge is 0.252 e. The van der Waals surface area contributed by atoms with Crippen LogP contribution in [0.15, 0.2) is 34.0 Å². The SMILES string of the molecule is Cc1ccn(C(C)C(=O)N2CCN(S(=O)(=O)c3cccs3)CC2)n1. The van der Waals surface area contributed by atoms with Gasteiger partial charge in [-0.2, -0.15) is 9.40 Å². The Morgan fingerprint density at radius 1 is 1.25 bits per heavy atom. The summed E-state index contributed by atoms with van der Waals surface area (Å²) in [5.74, 6) is -0.0359. The quantitative estimate of drug-likeness (QED) is 0.816. The third kappa shape index (κ3) is 3.24. The highest BCUT2D eigenvalue weighted by Gasteiger charge is 2.32. The van der Waals surface area contributed by atoms with E-state index < -0.39 is 10.0 Å². The van der Waals surface area contributed by atoms with Crippen molar-refractivity contribution in [1.82, 2.24) is 19.0 Å². The molecule has 0 saturated carbocycles. The van der Waals surface area contributed by atoms with Gasteiger partial charge in [-0.25, -0.2) is 8.42 Å². The fourth-order valence-corrected chi connectivity index (χ4v) is 5.28. The second-order valence-electron chi connectivity index (χ2n) is 5.77. The van der Waals surface area contributed by atoms with Crippen molar-refractivity contribution in [3.05, 3.63) is 35.5 Å². The first-order chi connectivity index (χ1) is 11.4. The first-order valence-corrected chi connectivity index (χ1v) is 10.1. The Morgan fingerprint density at radius 2 is 1.96 bits per heavy atom. The average Bonchev–Trinajstić information content (AvgIpc) is 3.25. The van der Waals surface area contributed by atoms with Crippen LogP contribution >= 0.6 is 11.3 Å². The minimum Gasteiger partial charge on any atom is -0.338 e. The van der Waals surface area contributed by atoms with Gasteiger partial charge in [-0.3, -0.25) is 9.48 Å². The summed E-state index contributed by atoms with van der Waals surface area (Å²) >= 11 is 1.21. The normalized spacial score (nSPS) is 17.8. The largest absolute Gasteiger partial charge is 0.338 e. The Kier molecular flexibility index (Phi) is 4.75. The van der Waals surface area contributed by atoms with Gasteiger partial charge in [0.05, 0.1) is 5.69 Å². The van der Waals surface area contributed by atoms with Gasteiger partial charge < -0.3 is 4.90 Å². The number of hydrogen-bond donors (Lipinski definition) is 0. The van der Waals surface area contributed by atoms with Gasteiger partial charge in [0.1, 0.15) is 10.3 Å². The van der Waals surface area contributed by atoms with Crippen molar-refractivity contribution in [2.24, 2.45) is 0 Å². The molecule has 1 amide bonds. The number of carbonyl (C=O) groups excluding carboxylic acids is 1. The summed E-state index contributed by atoms with van der Waals surface area (Å²) < 4.78 is 28.4. The van der Waals surface area contributed by atoms with Gasteiger partial charge in [-0.15, -0.1) is 11.3 Å². The standard InChI is InChI=1S/C15H20N4O3S2/c1-12-5-6-19(16-12)13(2)15(20)17-7-9-18(10-8-17)24(21,22)14-4-3-11-23-14/h3-6,11,13H,7-10H2,1-2H3. The molecule has 1 atom stereocenters. The van der Waals surface area contributed by atoms with Crippen LogP contribution in [0, 0.1) is 6.92 Å². The Bertz CT molecular complexity index is 806. The molecule has 2 aromatic rings. The molecule has 2 aromatic heterocycles. The molecule has 3 rings (SSSR count). The molecule has 0 aromatic carbocycles. The van der Waals surface area contributed by atoms with Crippen molar-refractivity contribution in [2.75, 3.05) is 26.2 Å². The Hall–Kier alpha value is -1.71. The van der Waals surface area contributed by atoms with Crippen LogP contribution < -0.4 is 0 Å². The maximum absolute atomic E-state index is 12.6. The molecule has 0 spiro atoms. The van der Waals surface area contributed by atoms with Gasteiger partial charge >= 0.3 is 0 Å². The van der Waals surface area contributed by atoms with E-state index in [9.17, 15) is 13.2 Å². The number of nitrogens with zero attached hydrogens (tertiary/aromatic N) is 4. The zero-order valence-electron chi connectivity index (χ0n) is 13.6. The van der Waals surface area contributed by atoms with Crippen LogP contribution in [-0.4, -0.2) is 59.5 Å². The summed E-state index contributed by atoms with van der Waals surface area (Å²) in [5.41, 5.74) is 0.863. The Labute approximate surface area is 145 Å². The molecule has 0 aliphatic carbocycles. The zero-order chi connectivity index (χ0) is 17.3. The molecule has 0 N–H and O–H groups in total. The predicted molar refractivity (Wildman–Crippen MR) is 91.3 cm³/mol. The highest BCUT2D eigenvalue weighted by atomic mass is 32.2. The fraction of sp³-hybridized carbons (Fsp3) is 0.467. The molecule has 7 nitrogen and oxygen atoms in total. The van der Waals surface area contributed by atoms with Crippen LogP contribution in [0.25, 0.3) is 0 Å². The number of aryl methyl sites for hydroxylation is 1. The van der Waals surface area contributed by atoms with Crippen molar-refractivity contribution >= 4 is 27.3 Å². The summed E-state index contributed by atoms with van der Waals surface area (Å²) in [6.45, 7) is 5.11. The molecule has 1 saturated heterocycles. The minimum atomic E-state index is -3.44. The topological polar surface area (TPSA) is 75.5 Å². The number of carbonyl (C=O) groups is 1. The molecule has 1 aliphatic rings. The van der Waals surface area contributed by atoms with Crippen molar-refractivity contribution < 1.29 is 13.2 Å². The van der Waals surface area contributed by atoms with Gasteiger partial charge in [-0.1, -0.05) is 6.07 Å². The van der Waals surface area contributed by atoms with Crippen LogP contribution in [0.1, 0.15) is 18.7 Å². The lowest BCUT2D eigenvalue weighted by Gasteiger charge is -2.35. The second kappa shape index (κ2) is 6.66. The number of amides is 1. The number of rotatable bonds is 4. The number of aromatic nitrogens is 2. The summed E-state index contributed by atoms with van der Waals surface area (Å²) in [5, 5.41) is 6.03. The van der Waals surface area contributed by atoms with E-state index in [0.29, 0.717) is 30.4 Å². The minimum absolute atomic E-state index is 0.0359. The van der Waals surface area contributed by atoms with Crippen LogP contribution in [0.4, 0.5) is 0 Å². The van der Waals surface area contributed by atoms with E-state index >= 15 is 0 Å². The fourth-order valence-electron chi connectivity index (χ4n) is 2.71. The first-order valence-electron chi connectivity index (χ1n) is 7.74. The molecular weight excluding hydrogens is 348 g/mol. The Morgan fingerprint density at radius 3 is 2.50 bits per heavy atom. The average molecular weight is 368 g/mol. The molecule has 130 valence electrons. The van der Waals surface area contributed by atoms with Crippen LogP contribution in [0.5, 0.6) is 0 Å². The van der Waals surface area contributed by atoms with Crippen LogP contribution in [0.3, 0.4) is 0 Å². The monoisotopic (exact) mass is 368 g/mol. The predicted octanol–water partition coefficient (Wildman–Crippen LogP) is 1.35. The van der Waals surface area contributed by atoms with Gasteiger partial charge in [-0.05, 0) is 31.4 Å². The van der Waals surface area contributed by atoms with E-state index in [1.165, 1.54) is 15.6 Å². The lowest BCUT2D eigenvalue weighted by atomic mass is 10.2. The molecule has 0 bridgehead atoms. The van der Waals surface area contributed by atoms with E-state index in [1.54, 1.807) is 33.3 Å². The number of hydrogen-bond acceptors (Lipinski definition) is 5. The molecule has 3 heterocycles. The highest BCUT2D eigenvalue weighted by Crippen LogP contribution is 2.22. The third-order valence-electron chi connectivity index (χ3n) is 4.14. The van der Waals surface area contributed by atoms with Gasteiger partial charge in [0.25, 0.3) is 10.0 Å². The van der Waals surface area contributed by atoms with E-state index in [1.807, 2.05) is 19.9 Å². The van der Waals surface area contributed by atoms with Gasteiger partial charge in [0, 0.05) is 32.4 Å². The molecular formula is C15H20N4O3S2. The van der Waals surface area contributed by atoms with Crippen molar-refractivity contribution in [3.63, 3.8) is 0 Å². The summed E-state index contributed by atoms with van der Waals surface area (Å²) in [7, 11) is -3.44. The molecule has 1 fully saturated rings. The molecule has 9 heteroatoms. The van der Waals surface area contributed by atoms with Gasteiger partial charge in [0.15, 0.2) is 0 Å². The molecule has 24 heavy (non-hydrogen) atoms. The lowest BCUT2D eigenvalue weighted by Crippen LogP contribution is -2.51. The van der Waals surface area contributed by atoms with E-state index in [0.717, 1.165) is 5.69 Å². The maximum atomic E-state index is 12.6.